The molecule has 2 aromatic heterocycles. The maximum atomic E-state index is 13.6. The molecule has 1 aromatic carbocycles. The molecule has 2 atom stereocenters. The van der Waals surface area contributed by atoms with Gasteiger partial charge in [-0.05, 0) is 88.4 Å². The van der Waals surface area contributed by atoms with Crippen LogP contribution in [-0.4, -0.2) is 62.8 Å². The van der Waals surface area contributed by atoms with Crippen molar-refractivity contribution in [1.29, 1.82) is 0 Å². The molecule has 1 aliphatic carbocycles. The fourth-order valence-corrected chi connectivity index (χ4v) is 7.42. The Balaban J connectivity index is 1.10. The lowest BCUT2D eigenvalue weighted by Crippen LogP contribution is -2.56. The summed E-state index contributed by atoms with van der Waals surface area (Å²) >= 11 is 6.33. The Hall–Kier alpha value is -2.91. The van der Waals surface area contributed by atoms with Crippen LogP contribution in [0.5, 0.6) is 0 Å². The molecule has 4 heterocycles. The van der Waals surface area contributed by atoms with E-state index >= 15 is 0 Å². The molecule has 0 amide bonds. The topological polar surface area (TPSA) is 86.0 Å². The fourth-order valence-electron chi connectivity index (χ4n) is 7.09. The van der Waals surface area contributed by atoms with Crippen molar-refractivity contribution in [2.75, 3.05) is 36.4 Å². The number of carboxylic acids is 1. The molecule has 0 bridgehead atoms. The van der Waals surface area contributed by atoms with Gasteiger partial charge in [0.05, 0.1) is 17.7 Å². The number of fused-ring (bicyclic) bond motifs is 1. The first-order valence-corrected chi connectivity index (χ1v) is 14.9. The standard InChI is InChI=1S/C30H38ClFN6O2/c1-19(24-6-5-22(32)14-25(24)31)34-28-15-27(35-26-7-10-33-38(26)28)36-12-8-20(9-13-36)21-4-3-11-37(18-21)23-16-30(2,17-23)29(39)40/h5-7,10,14-15,19-21,23,34H,3-4,8-9,11-13,16-18H2,1-2H3,(H,39,40)/t19-,21+,23?,30?/m1/s1. The van der Waals surface area contributed by atoms with Gasteiger partial charge in [-0.3, -0.25) is 4.79 Å². The number of aliphatic carboxylic acids is 1. The van der Waals surface area contributed by atoms with Crippen molar-refractivity contribution in [1.82, 2.24) is 19.5 Å². The highest BCUT2D eigenvalue weighted by Crippen LogP contribution is 2.45. The Morgan fingerprint density at radius 1 is 1.15 bits per heavy atom. The number of halogens is 2. The average Bonchev–Trinajstić information content (AvgIpc) is 3.40. The average molecular weight is 569 g/mol. The second-order valence-electron chi connectivity index (χ2n) is 12.3. The highest BCUT2D eigenvalue weighted by Gasteiger charge is 2.49. The van der Waals surface area contributed by atoms with E-state index in [1.165, 1.54) is 25.0 Å². The highest BCUT2D eigenvalue weighted by atomic mass is 35.5. The molecule has 2 saturated heterocycles. The van der Waals surface area contributed by atoms with Crippen LogP contribution >= 0.6 is 11.6 Å². The lowest BCUT2D eigenvalue weighted by atomic mass is 9.65. The summed E-state index contributed by atoms with van der Waals surface area (Å²) in [6, 6.07) is 8.70. The minimum Gasteiger partial charge on any atom is -0.481 e. The van der Waals surface area contributed by atoms with Crippen LogP contribution in [0.1, 0.15) is 64.0 Å². The number of aromatic nitrogens is 3. The van der Waals surface area contributed by atoms with Crippen LogP contribution in [0.4, 0.5) is 16.0 Å². The molecule has 0 unspecified atom stereocenters. The molecule has 6 rings (SSSR count). The Labute approximate surface area is 239 Å². The van der Waals surface area contributed by atoms with E-state index in [4.69, 9.17) is 16.6 Å². The third kappa shape index (κ3) is 5.26. The van der Waals surface area contributed by atoms with Crippen molar-refractivity contribution in [3.8, 4) is 0 Å². The second-order valence-corrected chi connectivity index (χ2v) is 12.7. The maximum absolute atomic E-state index is 13.6. The molecule has 40 heavy (non-hydrogen) atoms. The van der Waals surface area contributed by atoms with Gasteiger partial charge in [0.15, 0.2) is 5.65 Å². The summed E-state index contributed by atoms with van der Waals surface area (Å²) in [5.74, 6) is 2.10. The number of anilines is 2. The number of piperidine rings is 2. The van der Waals surface area contributed by atoms with Crippen molar-refractivity contribution in [3.05, 3.63) is 52.9 Å². The van der Waals surface area contributed by atoms with Gasteiger partial charge in [0.2, 0.25) is 0 Å². The predicted octanol–water partition coefficient (Wildman–Crippen LogP) is 5.88. The van der Waals surface area contributed by atoms with Gasteiger partial charge in [-0.1, -0.05) is 17.7 Å². The van der Waals surface area contributed by atoms with Crippen molar-refractivity contribution in [2.45, 2.75) is 64.5 Å². The van der Waals surface area contributed by atoms with Crippen molar-refractivity contribution < 1.29 is 14.3 Å². The molecule has 3 aliphatic rings. The van der Waals surface area contributed by atoms with Gasteiger partial charge in [0, 0.05) is 42.8 Å². The zero-order valence-corrected chi connectivity index (χ0v) is 23.9. The first-order chi connectivity index (χ1) is 19.2. The number of carbonyl (C=O) groups is 1. The van der Waals surface area contributed by atoms with Crippen molar-refractivity contribution in [2.24, 2.45) is 17.3 Å². The van der Waals surface area contributed by atoms with Crippen LogP contribution < -0.4 is 10.2 Å². The molecular formula is C30H38ClFN6O2. The second kappa shape index (κ2) is 10.8. The van der Waals surface area contributed by atoms with Gasteiger partial charge in [-0.2, -0.15) is 9.61 Å². The van der Waals surface area contributed by atoms with Crippen LogP contribution in [0.2, 0.25) is 5.02 Å². The number of hydrogen-bond acceptors (Lipinski definition) is 6. The summed E-state index contributed by atoms with van der Waals surface area (Å²) in [6.45, 7) is 8.00. The van der Waals surface area contributed by atoms with Crippen LogP contribution in [0.25, 0.3) is 5.65 Å². The first-order valence-electron chi connectivity index (χ1n) is 14.5. The van der Waals surface area contributed by atoms with E-state index < -0.39 is 11.4 Å². The summed E-state index contributed by atoms with van der Waals surface area (Å²) in [7, 11) is 0. The van der Waals surface area contributed by atoms with Gasteiger partial charge in [-0.25, -0.2) is 9.37 Å². The molecule has 3 fully saturated rings. The monoisotopic (exact) mass is 568 g/mol. The minimum absolute atomic E-state index is 0.153. The molecule has 2 aliphatic heterocycles. The lowest BCUT2D eigenvalue weighted by Gasteiger charge is -2.51. The minimum atomic E-state index is -0.653. The first kappa shape index (κ1) is 27.3. The van der Waals surface area contributed by atoms with Gasteiger partial charge < -0.3 is 20.2 Å². The molecule has 1 saturated carbocycles. The van der Waals surface area contributed by atoms with E-state index in [1.807, 2.05) is 26.0 Å². The van der Waals surface area contributed by atoms with Gasteiger partial charge in [0.1, 0.15) is 17.5 Å². The molecule has 10 heteroatoms. The Kier molecular flexibility index (Phi) is 7.38. The van der Waals surface area contributed by atoms with Crippen LogP contribution in [-0.2, 0) is 4.79 Å². The number of carboxylic acid groups (broad SMARTS) is 1. The van der Waals surface area contributed by atoms with E-state index in [9.17, 15) is 14.3 Å². The van der Waals surface area contributed by atoms with Crippen molar-refractivity contribution in [3.63, 3.8) is 0 Å². The summed E-state index contributed by atoms with van der Waals surface area (Å²) in [5.41, 5.74) is 1.05. The summed E-state index contributed by atoms with van der Waals surface area (Å²) in [4.78, 5) is 21.4. The molecule has 0 spiro atoms. The number of nitrogens with zero attached hydrogens (tertiary/aromatic N) is 5. The fraction of sp³-hybridized carbons (Fsp3) is 0.567. The highest BCUT2D eigenvalue weighted by molar-refractivity contribution is 6.31. The third-order valence-electron chi connectivity index (χ3n) is 9.56. The summed E-state index contributed by atoms with van der Waals surface area (Å²) in [5, 5.41) is 17.9. The molecule has 0 radical (unpaired) electrons. The molecule has 214 valence electrons. The van der Waals surface area contributed by atoms with Crippen LogP contribution in [0.3, 0.4) is 0 Å². The van der Waals surface area contributed by atoms with Crippen LogP contribution in [0.15, 0.2) is 36.5 Å². The maximum Gasteiger partial charge on any atom is 0.309 e. The zero-order valence-electron chi connectivity index (χ0n) is 23.2. The summed E-state index contributed by atoms with van der Waals surface area (Å²) < 4.78 is 15.4. The van der Waals surface area contributed by atoms with Crippen molar-refractivity contribution >= 4 is 34.9 Å². The molecule has 3 aromatic rings. The Morgan fingerprint density at radius 3 is 2.65 bits per heavy atom. The molecule has 8 nitrogen and oxygen atoms in total. The van der Waals surface area contributed by atoms with E-state index in [0.717, 1.165) is 74.7 Å². The third-order valence-corrected chi connectivity index (χ3v) is 9.89. The number of likely N-dealkylation sites (tertiary alicyclic amines) is 1. The quantitative estimate of drug-likeness (QED) is 0.368. The van der Waals surface area contributed by atoms with Gasteiger partial charge in [-0.15, -0.1) is 0 Å². The normalized spacial score (nSPS) is 26.9. The number of nitrogens with one attached hydrogen (secondary N) is 1. The lowest BCUT2D eigenvalue weighted by molar-refractivity contribution is -0.158. The van der Waals surface area contributed by atoms with E-state index in [2.05, 4.69) is 20.2 Å². The zero-order chi connectivity index (χ0) is 28.0. The van der Waals surface area contributed by atoms with Gasteiger partial charge >= 0.3 is 5.97 Å². The van der Waals surface area contributed by atoms with Gasteiger partial charge in [0.25, 0.3) is 0 Å². The van der Waals surface area contributed by atoms with E-state index in [-0.39, 0.29) is 11.9 Å². The summed E-state index contributed by atoms with van der Waals surface area (Å²) in [6.07, 6.45) is 8.03. The largest absolute Gasteiger partial charge is 0.481 e. The molecule has 2 N–H and O–H groups in total. The SMILES string of the molecule is C[C@@H](Nc1cc(N2CCC([C@H]3CCCN(C4CC(C)(C(=O)O)C4)C3)CC2)nc2ccnn12)c1ccc(F)cc1Cl. The predicted molar refractivity (Wildman–Crippen MR) is 154 cm³/mol. The smallest absolute Gasteiger partial charge is 0.309 e. The number of hydrogen-bond donors (Lipinski definition) is 2. The number of benzene rings is 1. The van der Waals surface area contributed by atoms with E-state index in [0.29, 0.717) is 22.9 Å². The number of rotatable bonds is 7. The molecular weight excluding hydrogens is 531 g/mol. The Bertz CT molecular complexity index is 1380. The van der Waals surface area contributed by atoms with Crippen LogP contribution in [0, 0.1) is 23.1 Å². The Morgan fingerprint density at radius 2 is 1.93 bits per heavy atom. The van der Waals surface area contributed by atoms with E-state index in [1.54, 1.807) is 16.8 Å².